The van der Waals surface area contributed by atoms with Crippen LogP contribution in [0.1, 0.15) is 37.3 Å². The molecule has 1 atom stereocenters. The molecular formula is C15H18FNO3. The van der Waals surface area contributed by atoms with Crippen molar-refractivity contribution < 1.29 is 18.7 Å². The summed E-state index contributed by atoms with van der Waals surface area (Å²) in [6.07, 6.45) is 2.89. The third-order valence-corrected chi connectivity index (χ3v) is 3.66. The van der Waals surface area contributed by atoms with E-state index in [0.717, 1.165) is 19.3 Å². The molecule has 0 aromatic heterocycles. The van der Waals surface area contributed by atoms with Gasteiger partial charge in [0.05, 0.1) is 19.6 Å². The van der Waals surface area contributed by atoms with Crippen LogP contribution in [0.25, 0.3) is 0 Å². The average molecular weight is 279 g/mol. The third-order valence-electron chi connectivity index (χ3n) is 3.66. The highest BCUT2D eigenvalue weighted by molar-refractivity contribution is 5.80. The zero-order valence-electron chi connectivity index (χ0n) is 11.4. The van der Waals surface area contributed by atoms with Gasteiger partial charge in [0.15, 0.2) is 0 Å². The summed E-state index contributed by atoms with van der Waals surface area (Å²) < 4.78 is 17.6. The van der Waals surface area contributed by atoms with Gasteiger partial charge in [-0.05, 0) is 30.5 Å². The van der Waals surface area contributed by atoms with Crippen LogP contribution in [0.15, 0.2) is 24.3 Å². The van der Waals surface area contributed by atoms with Gasteiger partial charge >= 0.3 is 5.97 Å². The van der Waals surface area contributed by atoms with Gasteiger partial charge in [0.1, 0.15) is 5.82 Å². The molecule has 1 amide bonds. The van der Waals surface area contributed by atoms with Crippen LogP contribution in [0.2, 0.25) is 0 Å². The van der Waals surface area contributed by atoms with Crippen LogP contribution in [-0.4, -0.2) is 19.0 Å². The second-order valence-electron chi connectivity index (χ2n) is 5.02. The molecule has 1 aliphatic carbocycles. The molecule has 0 radical (unpaired) electrons. The van der Waals surface area contributed by atoms with Gasteiger partial charge in [0.25, 0.3) is 0 Å². The van der Waals surface area contributed by atoms with E-state index >= 15 is 0 Å². The zero-order chi connectivity index (χ0) is 14.5. The molecule has 1 saturated carbocycles. The maximum absolute atomic E-state index is 13.0. The Morgan fingerprint density at radius 3 is 2.50 bits per heavy atom. The van der Waals surface area contributed by atoms with Gasteiger partial charge in [-0.25, -0.2) is 4.39 Å². The number of esters is 1. The minimum absolute atomic E-state index is 0.0376. The lowest BCUT2D eigenvalue weighted by atomic mass is 9.84. The fraction of sp³-hybridized carbons (Fsp3) is 0.467. The summed E-state index contributed by atoms with van der Waals surface area (Å²) in [7, 11) is 1.30. The molecule has 0 heterocycles. The van der Waals surface area contributed by atoms with Gasteiger partial charge in [-0.3, -0.25) is 9.59 Å². The standard InChI is InChI=1S/C15H18FNO3/c1-20-14(18)9-13(10-5-7-12(16)8-6-10)17-15(19)11-3-2-4-11/h5-8,11,13H,2-4,9H2,1H3,(H,17,19)/t13-/m0/s1. The van der Waals surface area contributed by atoms with Gasteiger partial charge in [-0.15, -0.1) is 0 Å². The molecule has 0 unspecified atom stereocenters. The van der Waals surface area contributed by atoms with Gasteiger partial charge in [0.2, 0.25) is 5.91 Å². The van der Waals surface area contributed by atoms with E-state index in [1.54, 1.807) is 12.1 Å². The smallest absolute Gasteiger partial charge is 0.307 e. The third kappa shape index (κ3) is 3.56. The first kappa shape index (κ1) is 14.5. The van der Waals surface area contributed by atoms with Crippen LogP contribution in [0.5, 0.6) is 0 Å². The van der Waals surface area contributed by atoms with E-state index in [1.165, 1.54) is 19.2 Å². The van der Waals surface area contributed by atoms with Crippen molar-refractivity contribution in [3.8, 4) is 0 Å². The molecule has 0 bridgehead atoms. The number of benzene rings is 1. The highest BCUT2D eigenvalue weighted by Gasteiger charge is 2.28. The van der Waals surface area contributed by atoms with Crippen molar-refractivity contribution in [1.82, 2.24) is 5.32 Å². The Labute approximate surface area is 117 Å². The van der Waals surface area contributed by atoms with Crippen molar-refractivity contribution in [1.29, 1.82) is 0 Å². The van der Waals surface area contributed by atoms with E-state index < -0.39 is 12.0 Å². The molecule has 1 N–H and O–H groups in total. The summed E-state index contributed by atoms with van der Waals surface area (Å²) in [5.41, 5.74) is 0.699. The maximum Gasteiger partial charge on any atom is 0.307 e. The summed E-state index contributed by atoms with van der Waals surface area (Å²) in [6, 6.07) is 5.30. The number of methoxy groups -OCH3 is 1. The summed E-state index contributed by atoms with van der Waals surface area (Å²) in [5.74, 6) is -0.769. The van der Waals surface area contributed by atoms with E-state index in [9.17, 15) is 14.0 Å². The van der Waals surface area contributed by atoms with Crippen molar-refractivity contribution in [2.45, 2.75) is 31.7 Å². The Hall–Kier alpha value is -1.91. The molecular weight excluding hydrogens is 261 g/mol. The highest BCUT2D eigenvalue weighted by atomic mass is 19.1. The number of nitrogens with one attached hydrogen (secondary N) is 1. The lowest BCUT2D eigenvalue weighted by Crippen LogP contribution is -2.37. The van der Waals surface area contributed by atoms with E-state index in [1.807, 2.05) is 0 Å². The lowest BCUT2D eigenvalue weighted by molar-refractivity contribution is -0.141. The first-order valence-corrected chi connectivity index (χ1v) is 6.73. The van der Waals surface area contributed by atoms with Crippen molar-refractivity contribution >= 4 is 11.9 Å². The van der Waals surface area contributed by atoms with Crippen molar-refractivity contribution in [2.24, 2.45) is 5.92 Å². The topological polar surface area (TPSA) is 55.4 Å². The summed E-state index contributed by atoms with van der Waals surface area (Å²) >= 11 is 0. The zero-order valence-corrected chi connectivity index (χ0v) is 11.4. The summed E-state index contributed by atoms with van der Waals surface area (Å²) in [6.45, 7) is 0. The van der Waals surface area contributed by atoms with Crippen molar-refractivity contribution in [2.75, 3.05) is 7.11 Å². The van der Waals surface area contributed by atoms with Gasteiger partial charge < -0.3 is 10.1 Å². The summed E-state index contributed by atoms with van der Waals surface area (Å²) in [4.78, 5) is 23.5. The van der Waals surface area contributed by atoms with Gasteiger partial charge in [0, 0.05) is 5.92 Å². The summed E-state index contributed by atoms with van der Waals surface area (Å²) in [5, 5.41) is 2.86. The molecule has 5 heteroatoms. The average Bonchev–Trinajstić information content (AvgIpc) is 2.36. The lowest BCUT2D eigenvalue weighted by Gasteiger charge is -2.27. The molecule has 1 aromatic rings. The van der Waals surface area contributed by atoms with Crippen molar-refractivity contribution in [3.63, 3.8) is 0 Å². The van der Waals surface area contributed by atoms with Crippen LogP contribution >= 0.6 is 0 Å². The van der Waals surface area contributed by atoms with Crippen LogP contribution < -0.4 is 5.32 Å². The molecule has 108 valence electrons. The molecule has 4 nitrogen and oxygen atoms in total. The van der Waals surface area contributed by atoms with E-state index in [0.29, 0.717) is 5.56 Å². The monoisotopic (exact) mass is 279 g/mol. The molecule has 20 heavy (non-hydrogen) atoms. The van der Waals surface area contributed by atoms with Crippen molar-refractivity contribution in [3.05, 3.63) is 35.6 Å². The number of halogens is 1. The quantitative estimate of drug-likeness (QED) is 0.842. The largest absolute Gasteiger partial charge is 0.469 e. The van der Waals surface area contributed by atoms with Gasteiger partial charge in [-0.2, -0.15) is 0 Å². The number of hydrogen-bond donors (Lipinski definition) is 1. The highest BCUT2D eigenvalue weighted by Crippen LogP contribution is 2.28. The Morgan fingerprint density at radius 1 is 1.35 bits per heavy atom. The maximum atomic E-state index is 13.0. The first-order valence-electron chi connectivity index (χ1n) is 6.73. The minimum atomic E-state index is -0.476. The second kappa shape index (κ2) is 6.50. The molecule has 0 saturated heterocycles. The Balaban J connectivity index is 2.08. The molecule has 1 aliphatic rings. The number of hydrogen-bond acceptors (Lipinski definition) is 3. The van der Waals surface area contributed by atoms with Gasteiger partial charge in [-0.1, -0.05) is 18.6 Å². The number of ether oxygens (including phenoxy) is 1. The number of rotatable bonds is 5. The molecule has 2 rings (SSSR count). The molecule has 1 fully saturated rings. The fourth-order valence-corrected chi connectivity index (χ4v) is 2.16. The predicted octanol–water partition coefficient (Wildman–Crippen LogP) is 2.35. The molecule has 0 spiro atoms. The molecule has 0 aliphatic heterocycles. The van der Waals surface area contributed by atoms with E-state index in [-0.39, 0.29) is 24.1 Å². The van der Waals surface area contributed by atoms with Crippen LogP contribution in [0, 0.1) is 11.7 Å². The Morgan fingerprint density at radius 2 is 2.00 bits per heavy atom. The van der Waals surface area contributed by atoms with Crippen LogP contribution in [0.3, 0.4) is 0 Å². The number of carbonyl (C=O) groups is 2. The number of amides is 1. The van der Waals surface area contributed by atoms with E-state index in [4.69, 9.17) is 0 Å². The Bertz CT molecular complexity index is 482. The number of carbonyl (C=O) groups excluding carboxylic acids is 2. The normalized spacial score (nSPS) is 16.1. The van der Waals surface area contributed by atoms with Crippen LogP contribution in [-0.2, 0) is 14.3 Å². The fourth-order valence-electron chi connectivity index (χ4n) is 2.16. The SMILES string of the molecule is COC(=O)C[C@H](NC(=O)C1CCC1)c1ccc(F)cc1. The van der Waals surface area contributed by atoms with Crippen LogP contribution in [0.4, 0.5) is 4.39 Å². The second-order valence-corrected chi connectivity index (χ2v) is 5.02. The molecule has 1 aromatic carbocycles. The first-order chi connectivity index (χ1) is 9.60. The minimum Gasteiger partial charge on any atom is -0.469 e. The Kier molecular flexibility index (Phi) is 4.71. The predicted molar refractivity (Wildman–Crippen MR) is 71.3 cm³/mol. The van der Waals surface area contributed by atoms with E-state index in [2.05, 4.69) is 10.1 Å².